The third-order valence-corrected chi connectivity index (χ3v) is 4.51. The maximum Gasteiger partial charge on any atom is 0.123 e. The van der Waals surface area contributed by atoms with Gasteiger partial charge in [0.25, 0.3) is 0 Å². The van der Waals surface area contributed by atoms with Crippen molar-refractivity contribution in [1.29, 1.82) is 5.41 Å². The molecule has 1 aromatic rings. The van der Waals surface area contributed by atoms with E-state index in [1.807, 2.05) is 24.8 Å². The fraction of sp³-hybridized carbons (Fsp3) is 0.462. The molecule has 1 aliphatic rings. The standard InChI is InChI=1S/C13H19N3S/c1-9-7-10(3-4-12(9)13(14)15)16(2)11-5-6-17-8-11/h3-4,7,11H,5-6,8H2,1-2H3,(H3,14,15). The highest BCUT2D eigenvalue weighted by atomic mass is 32.2. The number of amidine groups is 1. The van der Waals surface area contributed by atoms with Gasteiger partial charge in [0.1, 0.15) is 5.84 Å². The highest BCUT2D eigenvalue weighted by molar-refractivity contribution is 7.99. The zero-order chi connectivity index (χ0) is 12.4. The summed E-state index contributed by atoms with van der Waals surface area (Å²) in [6.45, 7) is 2.01. The van der Waals surface area contributed by atoms with Crippen molar-refractivity contribution in [3.8, 4) is 0 Å². The molecule has 1 heterocycles. The summed E-state index contributed by atoms with van der Waals surface area (Å²) < 4.78 is 0. The molecular weight excluding hydrogens is 230 g/mol. The largest absolute Gasteiger partial charge is 0.384 e. The lowest BCUT2D eigenvalue weighted by molar-refractivity contribution is 0.700. The van der Waals surface area contributed by atoms with Crippen LogP contribution in [-0.2, 0) is 0 Å². The number of nitrogens with one attached hydrogen (secondary N) is 1. The molecular formula is C13H19N3S. The van der Waals surface area contributed by atoms with Gasteiger partial charge in [-0.15, -0.1) is 0 Å². The maximum atomic E-state index is 7.48. The Balaban J connectivity index is 2.21. The van der Waals surface area contributed by atoms with Crippen molar-refractivity contribution in [2.45, 2.75) is 19.4 Å². The summed E-state index contributed by atoms with van der Waals surface area (Å²) in [5, 5.41) is 7.48. The first-order chi connectivity index (χ1) is 8.09. The average Bonchev–Trinajstić information content (AvgIpc) is 2.80. The second-order valence-electron chi connectivity index (χ2n) is 4.54. The summed E-state index contributed by atoms with van der Waals surface area (Å²) in [4.78, 5) is 2.34. The van der Waals surface area contributed by atoms with Gasteiger partial charge in [0, 0.05) is 30.1 Å². The van der Waals surface area contributed by atoms with E-state index < -0.39 is 0 Å². The number of anilines is 1. The van der Waals surface area contributed by atoms with Crippen molar-refractivity contribution >= 4 is 23.3 Å². The van der Waals surface area contributed by atoms with Gasteiger partial charge in [-0.3, -0.25) is 5.41 Å². The molecule has 1 aromatic carbocycles. The predicted molar refractivity (Wildman–Crippen MR) is 76.3 cm³/mol. The van der Waals surface area contributed by atoms with E-state index in [0.29, 0.717) is 6.04 Å². The monoisotopic (exact) mass is 249 g/mol. The Kier molecular flexibility index (Phi) is 3.62. The SMILES string of the molecule is Cc1cc(N(C)C2CCSC2)ccc1C(=N)N. The minimum Gasteiger partial charge on any atom is -0.384 e. The Morgan fingerprint density at radius 3 is 2.82 bits per heavy atom. The fourth-order valence-electron chi connectivity index (χ4n) is 2.21. The Morgan fingerprint density at radius 2 is 2.29 bits per heavy atom. The number of benzene rings is 1. The second kappa shape index (κ2) is 5.00. The van der Waals surface area contributed by atoms with Crippen molar-refractivity contribution in [3.05, 3.63) is 29.3 Å². The van der Waals surface area contributed by atoms with Crippen molar-refractivity contribution in [2.24, 2.45) is 5.73 Å². The van der Waals surface area contributed by atoms with Crippen LogP contribution in [0.25, 0.3) is 0 Å². The highest BCUT2D eigenvalue weighted by Crippen LogP contribution is 2.27. The van der Waals surface area contributed by atoms with Crippen LogP contribution in [0.1, 0.15) is 17.5 Å². The maximum absolute atomic E-state index is 7.48. The smallest absolute Gasteiger partial charge is 0.123 e. The topological polar surface area (TPSA) is 53.1 Å². The zero-order valence-corrected chi connectivity index (χ0v) is 11.2. The van der Waals surface area contributed by atoms with E-state index in [-0.39, 0.29) is 5.84 Å². The number of thioether (sulfide) groups is 1. The van der Waals surface area contributed by atoms with E-state index in [1.165, 1.54) is 23.6 Å². The third-order valence-electron chi connectivity index (χ3n) is 3.36. The minimum absolute atomic E-state index is 0.146. The van der Waals surface area contributed by atoms with Crippen molar-refractivity contribution in [1.82, 2.24) is 0 Å². The van der Waals surface area contributed by atoms with Crippen LogP contribution in [0.5, 0.6) is 0 Å². The predicted octanol–water partition coefficient (Wildman–Crippen LogP) is 2.22. The summed E-state index contributed by atoms with van der Waals surface area (Å²) in [6.07, 6.45) is 1.26. The quantitative estimate of drug-likeness (QED) is 0.638. The fourth-order valence-corrected chi connectivity index (χ4v) is 3.48. The first kappa shape index (κ1) is 12.3. The molecule has 4 heteroatoms. The molecule has 1 aliphatic heterocycles. The molecule has 1 fully saturated rings. The molecule has 0 radical (unpaired) electrons. The first-order valence-electron chi connectivity index (χ1n) is 5.85. The molecule has 0 bridgehead atoms. The molecule has 1 atom stereocenters. The Hall–Kier alpha value is -1.16. The van der Waals surface area contributed by atoms with Gasteiger partial charge in [-0.2, -0.15) is 11.8 Å². The van der Waals surface area contributed by atoms with Gasteiger partial charge < -0.3 is 10.6 Å². The van der Waals surface area contributed by atoms with Gasteiger partial charge in [0.2, 0.25) is 0 Å². The zero-order valence-electron chi connectivity index (χ0n) is 10.4. The molecule has 1 saturated heterocycles. The second-order valence-corrected chi connectivity index (χ2v) is 5.69. The van der Waals surface area contributed by atoms with Crippen LogP contribution in [0.3, 0.4) is 0 Å². The molecule has 3 nitrogen and oxygen atoms in total. The van der Waals surface area contributed by atoms with Gasteiger partial charge >= 0.3 is 0 Å². The van der Waals surface area contributed by atoms with Crippen LogP contribution < -0.4 is 10.6 Å². The molecule has 0 aromatic heterocycles. The van der Waals surface area contributed by atoms with Crippen LogP contribution in [0, 0.1) is 12.3 Å². The Labute approximate surface area is 107 Å². The lowest BCUT2D eigenvalue weighted by Gasteiger charge is -2.26. The van der Waals surface area contributed by atoms with E-state index in [0.717, 1.165) is 11.1 Å². The molecule has 0 spiro atoms. The molecule has 2 rings (SSSR count). The van der Waals surface area contributed by atoms with Gasteiger partial charge in [-0.25, -0.2) is 0 Å². The van der Waals surface area contributed by atoms with Gasteiger partial charge in [-0.1, -0.05) is 0 Å². The number of hydrogen-bond acceptors (Lipinski definition) is 3. The molecule has 0 amide bonds. The van der Waals surface area contributed by atoms with E-state index in [4.69, 9.17) is 11.1 Å². The van der Waals surface area contributed by atoms with Gasteiger partial charge in [0.15, 0.2) is 0 Å². The summed E-state index contributed by atoms with van der Waals surface area (Å²) in [5.41, 5.74) is 8.66. The molecule has 0 saturated carbocycles. The summed E-state index contributed by atoms with van der Waals surface area (Å²) in [5.74, 6) is 2.62. The van der Waals surface area contributed by atoms with Crippen LogP contribution in [0.4, 0.5) is 5.69 Å². The molecule has 92 valence electrons. The normalized spacial score (nSPS) is 19.3. The van der Waals surface area contributed by atoms with Gasteiger partial charge in [-0.05, 0) is 42.9 Å². The van der Waals surface area contributed by atoms with E-state index >= 15 is 0 Å². The number of nitrogens with zero attached hydrogens (tertiary/aromatic N) is 1. The average molecular weight is 249 g/mol. The first-order valence-corrected chi connectivity index (χ1v) is 7.00. The number of hydrogen-bond donors (Lipinski definition) is 2. The number of nitrogens with two attached hydrogens (primary N) is 1. The Bertz CT molecular complexity index is 425. The lowest BCUT2D eigenvalue weighted by atomic mass is 10.1. The van der Waals surface area contributed by atoms with E-state index in [1.54, 1.807) is 0 Å². The highest BCUT2D eigenvalue weighted by Gasteiger charge is 2.20. The number of rotatable bonds is 3. The summed E-state index contributed by atoms with van der Waals surface area (Å²) in [6, 6.07) is 6.78. The lowest BCUT2D eigenvalue weighted by Crippen LogP contribution is -2.31. The summed E-state index contributed by atoms with van der Waals surface area (Å²) >= 11 is 2.02. The number of nitrogen functional groups attached to an aromatic ring is 1. The van der Waals surface area contributed by atoms with Crippen molar-refractivity contribution < 1.29 is 0 Å². The van der Waals surface area contributed by atoms with Crippen LogP contribution >= 0.6 is 11.8 Å². The van der Waals surface area contributed by atoms with E-state index in [9.17, 15) is 0 Å². The van der Waals surface area contributed by atoms with Crippen LogP contribution in [0.2, 0.25) is 0 Å². The molecule has 17 heavy (non-hydrogen) atoms. The third kappa shape index (κ3) is 2.57. The molecule has 1 unspecified atom stereocenters. The van der Waals surface area contributed by atoms with Crippen molar-refractivity contribution in [2.75, 3.05) is 23.5 Å². The van der Waals surface area contributed by atoms with Crippen LogP contribution in [-0.4, -0.2) is 30.4 Å². The molecule has 0 aliphatic carbocycles. The van der Waals surface area contributed by atoms with Gasteiger partial charge in [0.05, 0.1) is 0 Å². The van der Waals surface area contributed by atoms with Crippen molar-refractivity contribution in [3.63, 3.8) is 0 Å². The number of aryl methyl sites for hydroxylation is 1. The van der Waals surface area contributed by atoms with E-state index in [2.05, 4.69) is 24.1 Å². The summed E-state index contributed by atoms with van der Waals surface area (Å²) in [7, 11) is 2.15. The molecule has 3 N–H and O–H groups in total. The Morgan fingerprint density at radius 1 is 1.53 bits per heavy atom. The minimum atomic E-state index is 0.146. The van der Waals surface area contributed by atoms with Crippen LogP contribution in [0.15, 0.2) is 18.2 Å².